The number of benzene rings is 1. The lowest BCUT2D eigenvalue weighted by Gasteiger charge is -2.19. The average molecular weight is 304 g/mol. The van der Waals surface area contributed by atoms with Crippen LogP contribution in [0.3, 0.4) is 0 Å². The first-order valence-corrected chi connectivity index (χ1v) is 6.66. The second-order valence-corrected chi connectivity index (χ2v) is 4.44. The van der Waals surface area contributed by atoms with Gasteiger partial charge in [0.2, 0.25) is 5.75 Å². The van der Waals surface area contributed by atoms with Gasteiger partial charge >= 0.3 is 5.97 Å². The zero-order chi connectivity index (χ0) is 16.7. The molecule has 0 saturated heterocycles. The largest absolute Gasteiger partial charge is 0.504 e. The molecule has 0 aliphatic heterocycles. The molecule has 1 rings (SSSR count). The normalized spacial score (nSPS) is 9.86. The third kappa shape index (κ3) is 3.31. The number of carbonyl (C=O) groups excluding carboxylic acids is 1. The summed E-state index contributed by atoms with van der Waals surface area (Å²) in [6.07, 6.45) is 5.02. The van der Waals surface area contributed by atoms with Crippen LogP contribution in [0.2, 0.25) is 0 Å². The van der Waals surface area contributed by atoms with Crippen LogP contribution in [0.1, 0.15) is 21.5 Å². The van der Waals surface area contributed by atoms with Gasteiger partial charge < -0.3 is 19.7 Å². The lowest BCUT2D eigenvalue weighted by Crippen LogP contribution is -2.12. The van der Waals surface area contributed by atoms with E-state index in [4.69, 9.17) is 9.47 Å². The molecule has 0 heterocycles. The quantitative estimate of drug-likeness (QED) is 0.439. The number of rotatable bonds is 8. The van der Waals surface area contributed by atoms with E-state index in [1.54, 1.807) is 6.08 Å². The van der Waals surface area contributed by atoms with Crippen LogP contribution in [0.15, 0.2) is 38.0 Å². The fourth-order valence-corrected chi connectivity index (χ4v) is 2.14. The first-order chi connectivity index (χ1) is 10.5. The molecule has 0 fully saturated rings. The molecule has 0 unspecified atom stereocenters. The van der Waals surface area contributed by atoms with Gasteiger partial charge in [-0.1, -0.05) is 24.8 Å². The van der Waals surface area contributed by atoms with E-state index in [0.29, 0.717) is 5.56 Å². The van der Waals surface area contributed by atoms with E-state index >= 15 is 0 Å². The predicted molar refractivity (Wildman–Crippen MR) is 84.6 cm³/mol. The van der Waals surface area contributed by atoms with Gasteiger partial charge in [0.25, 0.3) is 0 Å². The maximum atomic E-state index is 12.1. The summed E-state index contributed by atoms with van der Waals surface area (Å²) in [6, 6.07) is 0. The van der Waals surface area contributed by atoms with Crippen molar-refractivity contribution in [1.29, 1.82) is 0 Å². The third-order valence-electron chi connectivity index (χ3n) is 3.03. The Bertz CT molecular complexity index is 602. The second kappa shape index (κ2) is 7.93. The highest BCUT2D eigenvalue weighted by atomic mass is 16.5. The Morgan fingerprint density at radius 2 is 1.64 bits per heavy atom. The van der Waals surface area contributed by atoms with Crippen LogP contribution < -0.4 is 4.74 Å². The van der Waals surface area contributed by atoms with Gasteiger partial charge in [-0.2, -0.15) is 0 Å². The summed E-state index contributed by atoms with van der Waals surface area (Å²) in [7, 11) is 1.24. The minimum atomic E-state index is -0.632. The SMILES string of the molecule is C=CCOc1c(O)c(O)c(CC=C)c(C(=O)OC)c1CC=C. The van der Waals surface area contributed by atoms with E-state index < -0.39 is 17.5 Å². The number of phenolic OH excluding ortho intramolecular Hbond substituents is 2. The van der Waals surface area contributed by atoms with Crippen LogP contribution in [0.4, 0.5) is 0 Å². The maximum absolute atomic E-state index is 12.1. The van der Waals surface area contributed by atoms with Gasteiger partial charge in [-0.25, -0.2) is 4.79 Å². The number of allylic oxidation sites excluding steroid dienone is 2. The number of esters is 1. The summed E-state index contributed by atoms with van der Waals surface area (Å²) < 4.78 is 10.2. The number of phenols is 2. The molecule has 22 heavy (non-hydrogen) atoms. The zero-order valence-corrected chi connectivity index (χ0v) is 12.6. The van der Waals surface area contributed by atoms with Gasteiger partial charge in [-0.15, -0.1) is 13.2 Å². The topological polar surface area (TPSA) is 76.0 Å². The number of hydrogen-bond donors (Lipinski definition) is 2. The molecule has 0 aliphatic rings. The number of methoxy groups -OCH3 is 1. The van der Waals surface area contributed by atoms with Gasteiger partial charge in [0.15, 0.2) is 11.5 Å². The molecule has 0 radical (unpaired) electrons. The minimum Gasteiger partial charge on any atom is -0.504 e. The highest BCUT2D eigenvalue weighted by molar-refractivity contribution is 5.95. The second-order valence-electron chi connectivity index (χ2n) is 4.44. The molecule has 0 atom stereocenters. The van der Waals surface area contributed by atoms with E-state index in [-0.39, 0.29) is 36.3 Å². The van der Waals surface area contributed by atoms with Crippen LogP contribution in [0.5, 0.6) is 17.2 Å². The van der Waals surface area contributed by atoms with E-state index in [0.717, 1.165) is 0 Å². The lowest BCUT2D eigenvalue weighted by atomic mass is 9.93. The maximum Gasteiger partial charge on any atom is 0.338 e. The molecular weight excluding hydrogens is 284 g/mol. The Balaban J connectivity index is 3.74. The summed E-state index contributed by atoms with van der Waals surface area (Å²) in [5.41, 5.74) is 0.787. The Hall–Kier alpha value is -2.69. The molecule has 0 spiro atoms. The fraction of sp³-hybridized carbons (Fsp3) is 0.235. The molecule has 5 heteroatoms. The molecule has 0 aromatic heterocycles. The van der Waals surface area contributed by atoms with E-state index in [2.05, 4.69) is 19.7 Å². The van der Waals surface area contributed by atoms with Crippen LogP contribution in [-0.4, -0.2) is 29.9 Å². The van der Waals surface area contributed by atoms with Crippen LogP contribution in [-0.2, 0) is 17.6 Å². The number of hydrogen-bond acceptors (Lipinski definition) is 5. The monoisotopic (exact) mass is 304 g/mol. The Morgan fingerprint density at radius 1 is 1.05 bits per heavy atom. The molecular formula is C17H20O5. The average Bonchev–Trinajstić information content (AvgIpc) is 2.52. The molecule has 0 amide bonds. The minimum absolute atomic E-state index is 0.0190. The van der Waals surface area contributed by atoms with Gasteiger partial charge in [-0.3, -0.25) is 0 Å². The number of aromatic hydroxyl groups is 2. The summed E-state index contributed by atoms with van der Waals surface area (Å²) in [6.45, 7) is 10.9. The molecule has 118 valence electrons. The number of carbonyl (C=O) groups is 1. The van der Waals surface area contributed by atoms with Crippen molar-refractivity contribution in [2.75, 3.05) is 13.7 Å². The van der Waals surface area contributed by atoms with Gasteiger partial charge in [0, 0.05) is 11.1 Å². The summed E-state index contributed by atoms with van der Waals surface area (Å²) >= 11 is 0. The number of ether oxygens (including phenoxy) is 2. The van der Waals surface area contributed by atoms with Crippen molar-refractivity contribution in [3.05, 3.63) is 54.7 Å². The fourth-order valence-electron chi connectivity index (χ4n) is 2.14. The molecule has 0 bridgehead atoms. The van der Waals surface area contributed by atoms with Gasteiger partial charge in [0.1, 0.15) is 6.61 Å². The lowest BCUT2D eigenvalue weighted by molar-refractivity contribution is 0.0597. The van der Waals surface area contributed by atoms with Crippen molar-refractivity contribution in [2.45, 2.75) is 12.8 Å². The van der Waals surface area contributed by atoms with Gasteiger partial charge in [0.05, 0.1) is 12.7 Å². The zero-order valence-electron chi connectivity index (χ0n) is 12.6. The highest BCUT2D eigenvalue weighted by Crippen LogP contribution is 2.45. The first-order valence-electron chi connectivity index (χ1n) is 6.66. The molecule has 0 aliphatic carbocycles. The van der Waals surface area contributed by atoms with Crippen molar-refractivity contribution in [2.24, 2.45) is 0 Å². The first kappa shape index (κ1) is 17.4. The van der Waals surface area contributed by atoms with Crippen molar-refractivity contribution < 1.29 is 24.5 Å². The van der Waals surface area contributed by atoms with Crippen molar-refractivity contribution in [1.82, 2.24) is 0 Å². The third-order valence-corrected chi connectivity index (χ3v) is 3.03. The van der Waals surface area contributed by atoms with Gasteiger partial charge in [-0.05, 0) is 12.8 Å². The molecule has 1 aromatic rings. The Labute approximate surface area is 129 Å². The standard InChI is InChI=1S/C17H20O5/c1-5-8-11-13(17(20)21-4)12(9-6-2)16(22-10-7-3)15(19)14(11)18/h5-7,18-19H,1-3,8-10H2,4H3. The predicted octanol–water partition coefficient (Wildman–Crippen LogP) is 2.91. The Kier molecular flexibility index (Phi) is 6.25. The molecule has 1 aromatic carbocycles. The highest BCUT2D eigenvalue weighted by Gasteiger charge is 2.27. The molecule has 2 N–H and O–H groups in total. The van der Waals surface area contributed by atoms with Crippen molar-refractivity contribution >= 4 is 5.97 Å². The smallest absolute Gasteiger partial charge is 0.338 e. The van der Waals surface area contributed by atoms with E-state index in [1.165, 1.54) is 19.3 Å². The van der Waals surface area contributed by atoms with E-state index in [1.807, 2.05) is 0 Å². The summed E-state index contributed by atoms with van der Waals surface area (Å²) in [4.78, 5) is 12.1. The van der Waals surface area contributed by atoms with Crippen molar-refractivity contribution in [3.8, 4) is 17.2 Å². The van der Waals surface area contributed by atoms with E-state index in [9.17, 15) is 15.0 Å². The van der Waals surface area contributed by atoms with Crippen LogP contribution in [0, 0.1) is 0 Å². The van der Waals surface area contributed by atoms with Crippen LogP contribution >= 0.6 is 0 Å². The Morgan fingerprint density at radius 3 is 2.14 bits per heavy atom. The molecule has 5 nitrogen and oxygen atoms in total. The van der Waals surface area contributed by atoms with Crippen LogP contribution in [0.25, 0.3) is 0 Å². The molecule has 0 saturated carbocycles. The van der Waals surface area contributed by atoms with Crippen molar-refractivity contribution in [3.63, 3.8) is 0 Å². The summed E-state index contributed by atoms with van der Waals surface area (Å²) in [5.74, 6) is -1.46. The summed E-state index contributed by atoms with van der Waals surface area (Å²) in [5, 5.41) is 20.4.